The molecule has 0 heterocycles. The summed E-state index contributed by atoms with van der Waals surface area (Å²) < 4.78 is 1.08. The maximum atomic E-state index is 12.1. The second-order valence-corrected chi connectivity index (χ2v) is 5.40. The number of rotatable bonds is 3. The van der Waals surface area contributed by atoms with Crippen LogP contribution in [0.3, 0.4) is 0 Å². The van der Waals surface area contributed by atoms with Crippen molar-refractivity contribution < 1.29 is 4.79 Å². The average Bonchev–Trinajstić information content (AvgIpc) is 2.34. The van der Waals surface area contributed by atoms with Gasteiger partial charge < -0.3 is 0 Å². The van der Waals surface area contributed by atoms with Crippen LogP contribution in [0.2, 0.25) is 0 Å². The third kappa shape index (κ3) is 3.08. The van der Waals surface area contributed by atoms with E-state index in [2.05, 4.69) is 22.0 Å². The Morgan fingerprint density at radius 3 is 2.33 bits per heavy atom. The maximum Gasteiger partial charge on any atom is 0.167 e. The molecule has 0 spiro atoms. The van der Waals surface area contributed by atoms with Crippen molar-refractivity contribution in [3.05, 3.63) is 69.2 Å². The molecule has 0 atom stereocenters. The van der Waals surface area contributed by atoms with Gasteiger partial charge in [-0.2, -0.15) is 0 Å². The third-order valence-corrected chi connectivity index (χ3v) is 3.85. The van der Waals surface area contributed by atoms with E-state index in [4.69, 9.17) is 0 Å². The van der Waals surface area contributed by atoms with Crippen LogP contribution in [0.5, 0.6) is 0 Å². The van der Waals surface area contributed by atoms with E-state index >= 15 is 0 Å². The summed E-state index contributed by atoms with van der Waals surface area (Å²) in [5.74, 6) is 0.164. The lowest BCUT2D eigenvalue weighted by molar-refractivity contribution is 0.0993. The van der Waals surface area contributed by atoms with Crippen molar-refractivity contribution in [1.29, 1.82) is 0 Å². The van der Waals surface area contributed by atoms with Gasteiger partial charge in [0, 0.05) is 16.5 Å². The molecule has 2 aromatic carbocycles. The fourth-order valence-corrected chi connectivity index (χ4v) is 2.09. The first kappa shape index (κ1) is 13.0. The SMILES string of the molecule is Cc1ccc(C(=O)Cc2ccc(Br)c(C)c2)cc1. The number of hydrogen-bond donors (Lipinski definition) is 0. The molecule has 0 radical (unpaired) electrons. The highest BCUT2D eigenvalue weighted by molar-refractivity contribution is 9.10. The first-order chi connectivity index (χ1) is 8.56. The van der Waals surface area contributed by atoms with Crippen molar-refractivity contribution in [2.75, 3.05) is 0 Å². The second kappa shape index (κ2) is 5.49. The minimum Gasteiger partial charge on any atom is -0.294 e. The number of Topliss-reactive ketones (excluding diaryl/α,β-unsaturated/α-hetero) is 1. The molecule has 2 heteroatoms. The van der Waals surface area contributed by atoms with Crippen LogP contribution < -0.4 is 0 Å². The van der Waals surface area contributed by atoms with E-state index in [0.29, 0.717) is 6.42 Å². The third-order valence-electron chi connectivity index (χ3n) is 2.96. The smallest absolute Gasteiger partial charge is 0.167 e. The van der Waals surface area contributed by atoms with Crippen molar-refractivity contribution in [2.45, 2.75) is 20.3 Å². The molecule has 0 fully saturated rings. The molecule has 2 rings (SSSR count). The van der Waals surface area contributed by atoms with Gasteiger partial charge in [-0.1, -0.05) is 57.9 Å². The second-order valence-electron chi connectivity index (χ2n) is 4.55. The Hall–Kier alpha value is -1.41. The number of ketones is 1. The molecule has 92 valence electrons. The van der Waals surface area contributed by atoms with Gasteiger partial charge in [0.25, 0.3) is 0 Å². The van der Waals surface area contributed by atoms with E-state index in [0.717, 1.165) is 21.2 Å². The van der Waals surface area contributed by atoms with Crippen LogP contribution in [-0.4, -0.2) is 5.78 Å². The minimum atomic E-state index is 0.164. The first-order valence-electron chi connectivity index (χ1n) is 5.91. The molecule has 0 N–H and O–H groups in total. The summed E-state index contributed by atoms with van der Waals surface area (Å²) in [7, 11) is 0. The van der Waals surface area contributed by atoms with E-state index in [1.165, 1.54) is 5.56 Å². The summed E-state index contributed by atoms with van der Waals surface area (Å²) in [6.45, 7) is 4.05. The number of halogens is 1. The van der Waals surface area contributed by atoms with Gasteiger partial charge in [-0.25, -0.2) is 0 Å². The summed E-state index contributed by atoms with van der Waals surface area (Å²) in [6.07, 6.45) is 0.456. The van der Waals surface area contributed by atoms with Crippen molar-refractivity contribution in [3.63, 3.8) is 0 Å². The lowest BCUT2D eigenvalue weighted by Crippen LogP contribution is -2.03. The number of aryl methyl sites for hydroxylation is 2. The molecule has 1 nitrogen and oxygen atoms in total. The Morgan fingerprint density at radius 2 is 1.72 bits per heavy atom. The fourth-order valence-electron chi connectivity index (χ4n) is 1.84. The van der Waals surface area contributed by atoms with Crippen LogP contribution in [0, 0.1) is 13.8 Å². The lowest BCUT2D eigenvalue weighted by Gasteiger charge is -2.04. The average molecular weight is 303 g/mol. The summed E-state index contributed by atoms with van der Waals surface area (Å²) >= 11 is 3.46. The summed E-state index contributed by atoms with van der Waals surface area (Å²) in [5.41, 5.74) is 4.16. The van der Waals surface area contributed by atoms with E-state index in [-0.39, 0.29) is 5.78 Å². The zero-order valence-electron chi connectivity index (χ0n) is 10.5. The zero-order valence-corrected chi connectivity index (χ0v) is 12.1. The Morgan fingerprint density at radius 1 is 1.06 bits per heavy atom. The van der Waals surface area contributed by atoms with Crippen LogP contribution in [-0.2, 0) is 6.42 Å². The molecule has 0 aliphatic heterocycles. The van der Waals surface area contributed by atoms with Crippen molar-refractivity contribution in [1.82, 2.24) is 0 Å². The Bertz CT molecular complexity index is 570. The first-order valence-corrected chi connectivity index (χ1v) is 6.70. The molecule has 0 saturated heterocycles. The Kier molecular flexibility index (Phi) is 3.97. The predicted molar refractivity (Wildman–Crippen MR) is 78.1 cm³/mol. The fraction of sp³-hybridized carbons (Fsp3) is 0.188. The summed E-state index contributed by atoms with van der Waals surface area (Å²) in [4.78, 5) is 12.1. The summed E-state index contributed by atoms with van der Waals surface area (Å²) in [6, 6.07) is 13.8. The molecule has 0 aliphatic rings. The highest BCUT2D eigenvalue weighted by Crippen LogP contribution is 2.18. The van der Waals surface area contributed by atoms with Gasteiger partial charge >= 0.3 is 0 Å². The monoisotopic (exact) mass is 302 g/mol. The van der Waals surface area contributed by atoms with Gasteiger partial charge in [-0.3, -0.25) is 4.79 Å². The van der Waals surface area contributed by atoms with E-state index in [1.807, 2.05) is 50.2 Å². The van der Waals surface area contributed by atoms with Gasteiger partial charge in [0.1, 0.15) is 0 Å². The maximum absolute atomic E-state index is 12.1. The lowest BCUT2D eigenvalue weighted by atomic mass is 10.0. The standard InChI is InChI=1S/C16H15BrO/c1-11-3-6-14(7-4-11)16(18)10-13-5-8-15(17)12(2)9-13/h3-9H,10H2,1-2H3. The van der Waals surface area contributed by atoms with Crippen molar-refractivity contribution >= 4 is 21.7 Å². The van der Waals surface area contributed by atoms with Crippen molar-refractivity contribution in [2.24, 2.45) is 0 Å². The topological polar surface area (TPSA) is 17.1 Å². The van der Waals surface area contributed by atoms with E-state index in [1.54, 1.807) is 0 Å². The minimum absolute atomic E-state index is 0.164. The molecule has 0 saturated carbocycles. The predicted octanol–water partition coefficient (Wildman–Crippen LogP) is 4.49. The number of carbonyl (C=O) groups excluding carboxylic acids is 1. The van der Waals surface area contributed by atoms with Crippen LogP contribution in [0.4, 0.5) is 0 Å². The highest BCUT2D eigenvalue weighted by atomic mass is 79.9. The molecule has 0 amide bonds. The van der Waals surface area contributed by atoms with Crippen molar-refractivity contribution in [3.8, 4) is 0 Å². The highest BCUT2D eigenvalue weighted by Gasteiger charge is 2.07. The molecule has 0 unspecified atom stereocenters. The largest absolute Gasteiger partial charge is 0.294 e. The van der Waals surface area contributed by atoms with E-state index < -0.39 is 0 Å². The molecule has 0 bridgehead atoms. The van der Waals surface area contributed by atoms with Crippen LogP contribution in [0.1, 0.15) is 27.0 Å². The molecular formula is C16H15BrO. The quantitative estimate of drug-likeness (QED) is 0.763. The van der Waals surface area contributed by atoms with Gasteiger partial charge in [-0.15, -0.1) is 0 Å². The van der Waals surface area contributed by atoms with Gasteiger partial charge in [0.05, 0.1) is 0 Å². The normalized spacial score (nSPS) is 10.4. The van der Waals surface area contributed by atoms with Gasteiger partial charge in [0.15, 0.2) is 5.78 Å². The summed E-state index contributed by atoms with van der Waals surface area (Å²) in [5, 5.41) is 0. The van der Waals surface area contributed by atoms with Crippen LogP contribution >= 0.6 is 15.9 Å². The van der Waals surface area contributed by atoms with Gasteiger partial charge in [-0.05, 0) is 31.0 Å². The Balaban J connectivity index is 2.16. The molecule has 2 aromatic rings. The van der Waals surface area contributed by atoms with Gasteiger partial charge in [0.2, 0.25) is 0 Å². The van der Waals surface area contributed by atoms with E-state index in [9.17, 15) is 4.79 Å². The molecular weight excluding hydrogens is 288 g/mol. The molecule has 18 heavy (non-hydrogen) atoms. The molecule has 0 aromatic heterocycles. The number of benzene rings is 2. The Labute approximate surface area is 116 Å². The van der Waals surface area contributed by atoms with Crippen LogP contribution in [0.15, 0.2) is 46.9 Å². The number of carbonyl (C=O) groups is 1. The molecule has 0 aliphatic carbocycles. The van der Waals surface area contributed by atoms with Crippen LogP contribution in [0.25, 0.3) is 0 Å². The number of hydrogen-bond acceptors (Lipinski definition) is 1. The zero-order chi connectivity index (χ0) is 13.1.